The third-order valence-corrected chi connectivity index (χ3v) is 3.28. The average molecular weight is 295 g/mol. The Kier molecular flexibility index (Phi) is 4.85. The fourth-order valence-electron chi connectivity index (χ4n) is 1.25. The summed E-state index contributed by atoms with van der Waals surface area (Å²) in [4.78, 5) is 13.5. The molecule has 0 aliphatic heterocycles. The van der Waals surface area contributed by atoms with E-state index < -0.39 is 19.8 Å². The summed E-state index contributed by atoms with van der Waals surface area (Å²) in [5.74, 6) is -1.05. The quantitative estimate of drug-likeness (QED) is 0.448. The molecule has 1 heterocycles. The van der Waals surface area contributed by atoms with E-state index in [9.17, 15) is 18.5 Å². The van der Waals surface area contributed by atoms with Gasteiger partial charge in [-0.2, -0.15) is 0 Å². The highest BCUT2D eigenvalue weighted by Gasteiger charge is 2.18. The number of ether oxygens (including phenoxy) is 1. The van der Waals surface area contributed by atoms with Crippen LogP contribution in [0.1, 0.15) is 6.92 Å². The van der Waals surface area contributed by atoms with Crippen LogP contribution in [0.2, 0.25) is 0 Å². The summed E-state index contributed by atoms with van der Waals surface area (Å²) < 4.78 is 26.8. The highest BCUT2D eigenvalue weighted by Crippen LogP contribution is 2.23. The Bertz CT molecular complexity index is 534. The van der Waals surface area contributed by atoms with Gasteiger partial charge in [0.25, 0.3) is 0 Å². The lowest BCUT2D eigenvalue weighted by Crippen LogP contribution is -2.17. The lowest BCUT2D eigenvalue weighted by molar-refractivity contribution is -0.390. The molecular weight excluding hydrogens is 284 g/mol. The van der Waals surface area contributed by atoms with Gasteiger partial charge >= 0.3 is 5.82 Å². The van der Waals surface area contributed by atoms with E-state index in [2.05, 4.69) is 4.98 Å². The van der Waals surface area contributed by atoms with Crippen molar-refractivity contribution in [1.29, 1.82) is 0 Å². The zero-order chi connectivity index (χ0) is 13.8. The van der Waals surface area contributed by atoms with Gasteiger partial charge in [0.1, 0.15) is 6.20 Å². The van der Waals surface area contributed by atoms with Gasteiger partial charge in [-0.3, -0.25) is 0 Å². The van der Waals surface area contributed by atoms with Gasteiger partial charge in [-0.1, -0.05) is 6.92 Å². The largest absolute Gasteiger partial charge is 0.485 e. The van der Waals surface area contributed by atoms with Crippen LogP contribution in [0.15, 0.2) is 18.3 Å². The highest BCUT2D eigenvalue weighted by molar-refractivity contribution is 8.13. The molecule has 9 heteroatoms. The second kappa shape index (κ2) is 5.96. The number of nitro groups is 1. The van der Waals surface area contributed by atoms with Crippen molar-refractivity contribution in [2.24, 2.45) is 5.92 Å². The maximum absolute atomic E-state index is 10.8. The summed E-state index contributed by atoms with van der Waals surface area (Å²) in [6, 6.07) is 2.89. The molecule has 0 aromatic carbocycles. The SMILES string of the molecule is CC(COc1cccnc1[N+](=O)[O-])CS(=O)(=O)Cl. The van der Waals surface area contributed by atoms with Crippen LogP contribution in [0.3, 0.4) is 0 Å². The molecule has 1 rings (SSSR count). The second-order valence-corrected chi connectivity index (χ2v) is 6.53. The number of pyridine rings is 1. The zero-order valence-electron chi connectivity index (χ0n) is 9.45. The fourth-order valence-corrected chi connectivity index (χ4v) is 2.67. The Balaban J connectivity index is 2.67. The van der Waals surface area contributed by atoms with E-state index >= 15 is 0 Å². The number of halogens is 1. The van der Waals surface area contributed by atoms with Crippen LogP contribution in [-0.4, -0.2) is 30.7 Å². The molecule has 1 aromatic heterocycles. The Morgan fingerprint density at radius 2 is 2.28 bits per heavy atom. The zero-order valence-corrected chi connectivity index (χ0v) is 11.0. The summed E-state index contributed by atoms with van der Waals surface area (Å²) in [7, 11) is 1.48. The lowest BCUT2D eigenvalue weighted by Gasteiger charge is -2.10. The molecule has 0 fully saturated rings. The summed E-state index contributed by atoms with van der Waals surface area (Å²) in [6.45, 7) is 1.61. The smallest absolute Gasteiger partial charge is 0.406 e. The van der Waals surface area contributed by atoms with Crippen LogP contribution in [-0.2, 0) is 9.05 Å². The minimum Gasteiger partial charge on any atom is -0.485 e. The predicted octanol–water partition coefficient (Wildman–Crippen LogP) is 1.57. The first-order chi connectivity index (χ1) is 8.29. The summed E-state index contributed by atoms with van der Waals surface area (Å²) in [6.07, 6.45) is 1.28. The van der Waals surface area contributed by atoms with Gasteiger partial charge in [-0.15, -0.1) is 0 Å². The van der Waals surface area contributed by atoms with E-state index in [0.29, 0.717) is 0 Å². The van der Waals surface area contributed by atoms with Gasteiger partial charge in [0, 0.05) is 16.6 Å². The van der Waals surface area contributed by atoms with Gasteiger partial charge in [-0.05, 0) is 22.0 Å². The van der Waals surface area contributed by atoms with Gasteiger partial charge < -0.3 is 14.9 Å². The monoisotopic (exact) mass is 294 g/mol. The number of hydrogen-bond acceptors (Lipinski definition) is 6. The number of rotatable bonds is 6. The third kappa shape index (κ3) is 4.84. The molecule has 0 aliphatic carbocycles. The van der Waals surface area contributed by atoms with E-state index in [4.69, 9.17) is 15.4 Å². The molecule has 0 spiro atoms. The molecule has 1 atom stereocenters. The van der Waals surface area contributed by atoms with Crippen LogP contribution in [0.5, 0.6) is 5.75 Å². The molecule has 0 bridgehead atoms. The van der Waals surface area contributed by atoms with Gasteiger partial charge in [0.05, 0.1) is 12.4 Å². The van der Waals surface area contributed by atoms with Crippen molar-refractivity contribution in [3.05, 3.63) is 28.4 Å². The van der Waals surface area contributed by atoms with Crippen molar-refractivity contribution in [1.82, 2.24) is 4.98 Å². The Hall–Kier alpha value is -1.41. The Labute approximate surface area is 108 Å². The molecule has 0 aliphatic rings. The van der Waals surface area contributed by atoms with Crippen molar-refractivity contribution >= 4 is 25.6 Å². The van der Waals surface area contributed by atoms with Crippen molar-refractivity contribution in [2.45, 2.75) is 6.92 Å². The van der Waals surface area contributed by atoms with Gasteiger partial charge in [0.2, 0.25) is 14.8 Å². The first-order valence-electron chi connectivity index (χ1n) is 4.94. The maximum atomic E-state index is 10.8. The molecule has 1 aromatic rings. The van der Waals surface area contributed by atoms with Crippen LogP contribution in [0.4, 0.5) is 5.82 Å². The summed E-state index contributed by atoms with van der Waals surface area (Å²) in [5, 5.41) is 10.6. The minimum absolute atomic E-state index is 0.00122. The number of hydrogen-bond donors (Lipinski definition) is 0. The molecule has 0 radical (unpaired) electrons. The van der Waals surface area contributed by atoms with Crippen LogP contribution in [0.25, 0.3) is 0 Å². The minimum atomic E-state index is -3.61. The topological polar surface area (TPSA) is 99.4 Å². The van der Waals surface area contributed by atoms with Crippen LogP contribution >= 0.6 is 10.7 Å². The van der Waals surface area contributed by atoms with Crippen molar-refractivity contribution in [3.8, 4) is 5.75 Å². The third-order valence-electron chi connectivity index (χ3n) is 1.93. The Morgan fingerprint density at radius 3 is 2.83 bits per heavy atom. The molecular formula is C9H11ClN2O5S. The maximum Gasteiger partial charge on any atom is 0.406 e. The Morgan fingerprint density at radius 1 is 1.61 bits per heavy atom. The number of aromatic nitrogens is 1. The van der Waals surface area contributed by atoms with E-state index in [1.165, 1.54) is 18.3 Å². The molecule has 0 saturated carbocycles. The van der Waals surface area contributed by atoms with E-state index in [1.807, 2.05) is 0 Å². The lowest BCUT2D eigenvalue weighted by atomic mass is 10.2. The van der Waals surface area contributed by atoms with Gasteiger partial charge in [0.15, 0.2) is 0 Å². The fraction of sp³-hybridized carbons (Fsp3) is 0.444. The second-order valence-electron chi connectivity index (χ2n) is 3.70. The average Bonchev–Trinajstić information content (AvgIpc) is 2.24. The van der Waals surface area contributed by atoms with E-state index in [-0.39, 0.29) is 24.0 Å². The first kappa shape index (κ1) is 14.7. The van der Waals surface area contributed by atoms with E-state index in [1.54, 1.807) is 6.92 Å². The summed E-state index contributed by atoms with van der Waals surface area (Å²) >= 11 is 0. The molecule has 0 saturated heterocycles. The van der Waals surface area contributed by atoms with Crippen LogP contribution in [0, 0.1) is 16.0 Å². The molecule has 0 N–H and O–H groups in total. The van der Waals surface area contributed by atoms with Crippen molar-refractivity contribution in [3.63, 3.8) is 0 Å². The molecule has 18 heavy (non-hydrogen) atoms. The van der Waals surface area contributed by atoms with Crippen LogP contribution < -0.4 is 4.74 Å². The normalized spacial score (nSPS) is 13.0. The standard InChI is InChI=1S/C9H11ClN2O5S/c1-7(6-18(10,15)16)5-17-8-3-2-4-11-9(8)12(13)14/h2-4,7H,5-6H2,1H3. The predicted molar refractivity (Wildman–Crippen MR) is 65.2 cm³/mol. The molecule has 7 nitrogen and oxygen atoms in total. The van der Waals surface area contributed by atoms with Crippen molar-refractivity contribution in [2.75, 3.05) is 12.4 Å². The van der Waals surface area contributed by atoms with Crippen molar-refractivity contribution < 1.29 is 18.1 Å². The van der Waals surface area contributed by atoms with E-state index in [0.717, 1.165) is 0 Å². The highest BCUT2D eigenvalue weighted by atomic mass is 35.7. The number of nitrogens with zero attached hydrogens (tertiary/aromatic N) is 2. The van der Waals surface area contributed by atoms with Gasteiger partial charge in [-0.25, -0.2) is 8.42 Å². The summed E-state index contributed by atoms with van der Waals surface area (Å²) in [5.41, 5.74) is 0. The molecule has 100 valence electrons. The molecule has 0 amide bonds. The first-order valence-corrected chi connectivity index (χ1v) is 7.42. The molecule has 1 unspecified atom stereocenters.